The Bertz CT molecular complexity index is 731. The number of hydrogen-bond donors (Lipinski definition) is 3. The highest BCUT2D eigenvalue weighted by atomic mass is 35.5. The highest BCUT2D eigenvalue weighted by molar-refractivity contribution is 6.30. The number of imidazole rings is 1. The first-order valence-corrected chi connectivity index (χ1v) is 8.77. The summed E-state index contributed by atoms with van der Waals surface area (Å²) in [6.07, 6.45) is 5.17. The summed E-state index contributed by atoms with van der Waals surface area (Å²) in [7, 11) is 0. The summed E-state index contributed by atoms with van der Waals surface area (Å²) in [5.41, 5.74) is 1.56. The van der Waals surface area contributed by atoms with Crippen LogP contribution in [0.25, 0.3) is 11.0 Å². The second-order valence-electron chi connectivity index (χ2n) is 6.55. The van der Waals surface area contributed by atoms with E-state index in [0.717, 1.165) is 23.9 Å². The van der Waals surface area contributed by atoms with Crippen LogP contribution in [0.3, 0.4) is 0 Å². The molecule has 1 saturated heterocycles. The number of ether oxygens (including phenoxy) is 1. The molecule has 3 N–H and O–H groups in total. The molecule has 1 aliphatic heterocycles. The molecule has 0 radical (unpaired) electrons. The van der Waals surface area contributed by atoms with Gasteiger partial charge in [-0.05, 0) is 12.8 Å². The summed E-state index contributed by atoms with van der Waals surface area (Å²) in [5, 5.41) is 23.1. The van der Waals surface area contributed by atoms with Crippen LogP contribution in [-0.2, 0) is 4.74 Å². The van der Waals surface area contributed by atoms with Crippen molar-refractivity contribution in [3.05, 3.63) is 17.5 Å². The quantitative estimate of drug-likeness (QED) is 0.730. The van der Waals surface area contributed by atoms with Crippen LogP contribution in [0.5, 0.6) is 0 Å². The summed E-state index contributed by atoms with van der Waals surface area (Å²) >= 11 is 6.21. The van der Waals surface area contributed by atoms with Gasteiger partial charge in [-0.3, -0.25) is 0 Å². The average molecular weight is 353 g/mol. The lowest BCUT2D eigenvalue weighted by Crippen LogP contribution is -2.24. The number of nitrogens with one attached hydrogen (secondary N) is 1. The molecule has 2 aromatic rings. The van der Waals surface area contributed by atoms with Crippen LogP contribution >= 0.6 is 11.6 Å². The zero-order chi connectivity index (χ0) is 16.7. The molecule has 0 amide bonds. The van der Waals surface area contributed by atoms with Crippen molar-refractivity contribution in [2.75, 3.05) is 11.9 Å². The predicted octanol–water partition coefficient (Wildman–Crippen LogP) is 2.08. The first-order valence-electron chi connectivity index (χ1n) is 8.39. The fourth-order valence-corrected chi connectivity index (χ4v) is 3.83. The van der Waals surface area contributed by atoms with E-state index in [1.54, 1.807) is 12.4 Å². The molecule has 2 fully saturated rings. The molecule has 3 atom stereocenters. The molecular formula is C16H21ClN4O3. The van der Waals surface area contributed by atoms with E-state index in [9.17, 15) is 10.2 Å². The third-order valence-electron chi connectivity index (χ3n) is 4.92. The van der Waals surface area contributed by atoms with Crippen molar-refractivity contribution in [3.63, 3.8) is 0 Å². The van der Waals surface area contributed by atoms with Gasteiger partial charge in [0.2, 0.25) is 0 Å². The largest absolute Gasteiger partial charge is 0.394 e. The number of pyridine rings is 1. The van der Waals surface area contributed by atoms with Gasteiger partial charge in [0.05, 0.1) is 24.6 Å². The molecule has 0 aromatic carbocycles. The minimum atomic E-state index is -0.689. The highest BCUT2D eigenvalue weighted by Crippen LogP contribution is 2.34. The molecule has 130 valence electrons. The van der Waals surface area contributed by atoms with Gasteiger partial charge in [-0.15, -0.1) is 0 Å². The Morgan fingerprint density at radius 1 is 1.38 bits per heavy atom. The fourth-order valence-electron chi connectivity index (χ4n) is 3.64. The third kappa shape index (κ3) is 2.86. The molecule has 0 spiro atoms. The lowest BCUT2D eigenvalue weighted by molar-refractivity contribution is -0.0430. The number of nitrogens with zero attached hydrogens (tertiary/aromatic N) is 3. The lowest BCUT2D eigenvalue weighted by atomic mass is 10.2. The van der Waals surface area contributed by atoms with Gasteiger partial charge in [-0.1, -0.05) is 24.4 Å². The van der Waals surface area contributed by atoms with Gasteiger partial charge in [0, 0.05) is 18.5 Å². The first-order chi connectivity index (χ1) is 11.7. The fraction of sp³-hybridized carbons (Fsp3) is 0.625. The van der Waals surface area contributed by atoms with Gasteiger partial charge in [-0.2, -0.15) is 0 Å². The molecule has 0 bridgehead atoms. The van der Waals surface area contributed by atoms with E-state index in [0.29, 0.717) is 23.4 Å². The van der Waals surface area contributed by atoms with E-state index in [4.69, 9.17) is 16.3 Å². The molecule has 4 rings (SSSR count). The van der Waals surface area contributed by atoms with E-state index in [2.05, 4.69) is 15.3 Å². The van der Waals surface area contributed by atoms with Crippen LogP contribution in [0.15, 0.2) is 12.4 Å². The minimum absolute atomic E-state index is 0.207. The average Bonchev–Trinajstić information content (AvgIpc) is 3.26. The van der Waals surface area contributed by atoms with Crippen molar-refractivity contribution in [1.29, 1.82) is 0 Å². The van der Waals surface area contributed by atoms with E-state index in [1.807, 2.05) is 4.57 Å². The molecule has 0 unspecified atom stereocenters. The molecule has 1 saturated carbocycles. The number of fused-ring (bicyclic) bond motifs is 1. The van der Waals surface area contributed by atoms with Crippen molar-refractivity contribution < 1.29 is 14.9 Å². The zero-order valence-corrected chi connectivity index (χ0v) is 14.0. The van der Waals surface area contributed by atoms with Crippen molar-refractivity contribution in [1.82, 2.24) is 14.5 Å². The van der Waals surface area contributed by atoms with Gasteiger partial charge >= 0.3 is 0 Å². The molecule has 3 heterocycles. The Kier molecular flexibility index (Phi) is 4.34. The Morgan fingerprint density at radius 2 is 2.17 bits per heavy atom. The number of aromatic nitrogens is 3. The van der Waals surface area contributed by atoms with Crippen molar-refractivity contribution in [3.8, 4) is 0 Å². The van der Waals surface area contributed by atoms with Gasteiger partial charge in [0.1, 0.15) is 23.0 Å². The van der Waals surface area contributed by atoms with Crippen molar-refractivity contribution in [2.45, 2.75) is 56.6 Å². The maximum Gasteiger partial charge on any atom is 0.156 e. The van der Waals surface area contributed by atoms with Gasteiger partial charge in [0.25, 0.3) is 0 Å². The van der Waals surface area contributed by atoms with Gasteiger partial charge in [0.15, 0.2) is 5.82 Å². The number of aliphatic hydroxyl groups is 2. The van der Waals surface area contributed by atoms with Crippen LogP contribution in [0.1, 0.15) is 38.3 Å². The smallest absolute Gasteiger partial charge is 0.156 e. The Morgan fingerprint density at radius 3 is 2.88 bits per heavy atom. The summed E-state index contributed by atoms with van der Waals surface area (Å²) in [6, 6.07) is 2.17. The molecule has 8 heteroatoms. The molecular weight excluding hydrogens is 332 g/mol. The second-order valence-corrected chi connectivity index (χ2v) is 6.94. The summed E-state index contributed by atoms with van der Waals surface area (Å²) in [6.45, 7) is -0.207. The first kappa shape index (κ1) is 16.1. The lowest BCUT2D eigenvalue weighted by Gasteiger charge is -2.16. The summed E-state index contributed by atoms with van der Waals surface area (Å²) < 4.78 is 7.58. The maximum absolute atomic E-state index is 9.96. The SMILES string of the molecule is OC[C@H]1O[C@@H](n2cnc3c(NC4CCCC4)nc(Cl)cc32)C[C@@H]1O. The van der Waals surface area contributed by atoms with Crippen LogP contribution < -0.4 is 5.32 Å². The predicted molar refractivity (Wildman–Crippen MR) is 90.0 cm³/mol. The standard InChI is InChI=1S/C16H21ClN4O3/c17-13-5-10-15(16(20-13)19-9-3-1-2-4-9)18-8-21(10)14-6-11(23)12(7-22)24-14/h5,8-9,11-12,14,22-23H,1-4,6-7H2,(H,19,20)/t11-,12+,14+/m0/s1. The Labute approximate surface area is 144 Å². The molecule has 7 nitrogen and oxygen atoms in total. The number of aliphatic hydroxyl groups excluding tert-OH is 2. The van der Waals surface area contributed by atoms with Gasteiger partial charge in [-0.25, -0.2) is 9.97 Å². The van der Waals surface area contributed by atoms with Crippen LogP contribution in [0.4, 0.5) is 5.82 Å². The van der Waals surface area contributed by atoms with Crippen LogP contribution in [0, 0.1) is 0 Å². The topological polar surface area (TPSA) is 92.4 Å². The Hall–Kier alpha value is -1.41. The number of hydrogen-bond acceptors (Lipinski definition) is 6. The third-order valence-corrected chi connectivity index (χ3v) is 5.11. The minimum Gasteiger partial charge on any atom is -0.394 e. The van der Waals surface area contributed by atoms with E-state index in [-0.39, 0.29) is 12.8 Å². The van der Waals surface area contributed by atoms with Crippen molar-refractivity contribution >= 4 is 28.5 Å². The second kappa shape index (κ2) is 6.48. The number of anilines is 1. The molecule has 24 heavy (non-hydrogen) atoms. The molecule has 1 aliphatic carbocycles. The van der Waals surface area contributed by atoms with Crippen LogP contribution in [-0.4, -0.2) is 49.6 Å². The van der Waals surface area contributed by atoms with E-state index >= 15 is 0 Å². The highest BCUT2D eigenvalue weighted by Gasteiger charge is 2.35. The van der Waals surface area contributed by atoms with Gasteiger partial charge < -0.3 is 24.8 Å². The van der Waals surface area contributed by atoms with E-state index < -0.39 is 12.2 Å². The number of rotatable bonds is 4. The summed E-state index contributed by atoms with van der Waals surface area (Å²) in [5.74, 6) is 0.695. The molecule has 2 aromatic heterocycles. The Balaban J connectivity index is 1.67. The molecule has 2 aliphatic rings. The van der Waals surface area contributed by atoms with Crippen LogP contribution in [0.2, 0.25) is 5.15 Å². The summed E-state index contributed by atoms with van der Waals surface area (Å²) in [4.78, 5) is 8.88. The monoisotopic (exact) mass is 352 g/mol. The number of halogens is 1. The van der Waals surface area contributed by atoms with E-state index in [1.165, 1.54) is 12.8 Å². The normalized spacial score (nSPS) is 28.0. The zero-order valence-electron chi connectivity index (χ0n) is 13.2. The van der Waals surface area contributed by atoms with Crippen molar-refractivity contribution in [2.24, 2.45) is 0 Å². The maximum atomic E-state index is 9.96.